The fourth-order valence-electron chi connectivity index (χ4n) is 4.33. The van der Waals surface area contributed by atoms with E-state index in [-0.39, 0.29) is 25.3 Å². The standard InChI is InChI=1S/C25H44N14O8/c26-4-1-2-11(27)6-17(41)32-8-14-20(43)35-15(9-34-25(30)47)21(44)39-18(13-3-5-31-24(29)38-13)23(46)33-7-12(28)19(42)37-16(10-40)22(45)36-14/h9,11-14,16,18,40H,1-8,10,26-28H2,(H,32,41)(H,33,46)(H,35,43)(H,36,45)(H,37,42)(H,39,44)(H3,29,31,38)(H3,30,34,47)/b15-9-/t11-,12-,13-,14-,16-,18-/m0/s1. The van der Waals surface area contributed by atoms with Crippen LogP contribution < -0.4 is 71.2 Å². The Labute approximate surface area is 269 Å². The average molecular weight is 669 g/mol. The molecule has 0 unspecified atom stereocenters. The van der Waals surface area contributed by atoms with Gasteiger partial charge in [0.05, 0.1) is 12.6 Å². The molecule has 1 saturated heterocycles. The van der Waals surface area contributed by atoms with Gasteiger partial charge in [0.1, 0.15) is 29.9 Å². The molecule has 262 valence electrons. The minimum atomic E-state index is -1.63. The van der Waals surface area contributed by atoms with Crippen LogP contribution in [0.5, 0.6) is 0 Å². The number of aliphatic hydroxyl groups is 1. The summed E-state index contributed by atoms with van der Waals surface area (Å²) in [6.45, 7) is -1.28. The number of nitrogens with zero attached hydrogens (tertiary/aromatic N) is 1. The Morgan fingerprint density at radius 3 is 2.36 bits per heavy atom. The first-order valence-electron chi connectivity index (χ1n) is 14.7. The van der Waals surface area contributed by atoms with Crippen LogP contribution in [-0.4, -0.2) is 122 Å². The van der Waals surface area contributed by atoms with Crippen LogP contribution in [0.3, 0.4) is 0 Å². The SMILES string of the molecule is NCCC[C@H](N)CC(=O)NC[C@@H]1NC(=O)[C@H](CO)NC(=O)[C@@H](N)CNC(=O)[C@H]([C@@H]2CCNC(N)=N2)NC(=O)/C(=C/NC(N)=O)NC1=O. The molecule has 2 rings (SSSR count). The van der Waals surface area contributed by atoms with E-state index in [9.17, 15) is 38.7 Å². The molecule has 47 heavy (non-hydrogen) atoms. The van der Waals surface area contributed by atoms with Crippen molar-refractivity contribution >= 4 is 47.4 Å². The van der Waals surface area contributed by atoms with E-state index in [0.29, 0.717) is 19.4 Å². The number of carbonyl (C=O) groups is 7. The molecule has 0 aromatic heterocycles. The van der Waals surface area contributed by atoms with Gasteiger partial charge in [-0.25, -0.2) is 9.79 Å². The number of nitrogens with one attached hydrogen (secondary N) is 8. The molecule has 0 aromatic carbocycles. The number of carbonyl (C=O) groups excluding carboxylic acids is 7. The second kappa shape index (κ2) is 18.8. The van der Waals surface area contributed by atoms with Gasteiger partial charge in [0, 0.05) is 38.3 Å². The van der Waals surface area contributed by atoms with Gasteiger partial charge < -0.3 is 76.3 Å². The molecule has 0 saturated carbocycles. The maximum absolute atomic E-state index is 13.5. The number of urea groups is 1. The number of amides is 8. The van der Waals surface area contributed by atoms with E-state index in [1.807, 2.05) is 5.32 Å². The van der Waals surface area contributed by atoms with E-state index >= 15 is 0 Å². The topological polar surface area (TPSA) is 378 Å². The second-order valence-electron chi connectivity index (χ2n) is 10.7. The summed E-state index contributed by atoms with van der Waals surface area (Å²) in [6.07, 6.45) is 1.85. The number of aliphatic hydroxyl groups excluding tert-OH is 1. The Morgan fingerprint density at radius 1 is 1.02 bits per heavy atom. The summed E-state index contributed by atoms with van der Waals surface area (Å²) in [6, 6.07) is -8.68. The smallest absolute Gasteiger partial charge is 0.316 e. The van der Waals surface area contributed by atoms with Crippen molar-refractivity contribution in [2.45, 2.75) is 61.9 Å². The molecule has 19 N–H and O–H groups in total. The van der Waals surface area contributed by atoms with Crippen molar-refractivity contribution < 1.29 is 38.7 Å². The van der Waals surface area contributed by atoms with Gasteiger partial charge in [0.15, 0.2) is 5.96 Å². The fourth-order valence-corrected chi connectivity index (χ4v) is 4.33. The fraction of sp³-hybridized carbons (Fsp3) is 0.600. The van der Waals surface area contributed by atoms with Crippen LogP contribution >= 0.6 is 0 Å². The van der Waals surface area contributed by atoms with E-state index < -0.39 is 103 Å². The first kappa shape index (κ1) is 38.1. The summed E-state index contributed by atoms with van der Waals surface area (Å²) in [7, 11) is 0. The van der Waals surface area contributed by atoms with Gasteiger partial charge in [-0.1, -0.05) is 0 Å². The van der Waals surface area contributed by atoms with Gasteiger partial charge in [0.25, 0.3) is 5.91 Å². The number of aliphatic imine (C=N–C) groups is 1. The zero-order valence-corrected chi connectivity index (χ0v) is 25.5. The van der Waals surface area contributed by atoms with Gasteiger partial charge >= 0.3 is 6.03 Å². The Morgan fingerprint density at radius 2 is 1.72 bits per heavy atom. The monoisotopic (exact) mass is 668 g/mol. The first-order valence-corrected chi connectivity index (χ1v) is 14.7. The summed E-state index contributed by atoms with van der Waals surface area (Å²) in [5.41, 5.74) is 27.6. The average Bonchev–Trinajstić information content (AvgIpc) is 3.02. The number of nitrogens with two attached hydrogens (primary N) is 5. The maximum atomic E-state index is 13.5. The van der Waals surface area contributed by atoms with Crippen LogP contribution in [0.4, 0.5) is 4.79 Å². The van der Waals surface area contributed by atoms with Crippen LogP contribution in [0, 0.1) is 0 Å². The van der Waals surface area contributed by atoms with Gasteiger partial charge in [-0.05, 0) is 25.8 Å². The zero-order chi connectivity index (χ0) is 35.1. The van der Waals surface area contributed by atoms with E-state index in [2.05, 4.69) is 42.2 Å². The van der Waals surface area contributed by atoms with Gasteiger partial charge in [-0.3, -0.25) is 28.8 Å². The van der Waals surface area contributed by atoms with Crippen molar-refractivity contribution in [3.8, 4) is 0 Å². The third-order valence-corrected chi connectivity index (χ3v) is 6.88. The molecule has 22 nitrogen and oxygen atoms in total. The normalized spacial score (nSPS) is 26.3. The molecule has 2 aliphatic heterocycles. The van der Waals surface area contributed by atoms with Crippen molar-refractivity contribution in [1.29, 1.82) is 0 Å². The lowest BCUT2D eigenvalue weighted by Gasteiger charge is -2.29. The predicted octanol–water partition coefficient (Wildman–Crippen LogP) is -8.23. The molecule has 22 heteroatoms. The summed E-state index contributed by atoms with van der Waals surface area (Å²) in [4.78, 5) is 94.0. The van der Waals surface area contributed by atoms with E-state index in [4.69, 9.17) is 28.7 Å². The molecule has 2 aliphatic rings. The zero-order valence-electron chi connectivity index (χ0n) is 25.5. The maximum Gasteiger partial charge on any atom is 0.316 e. The minimum Gasteiger partial charge on any atom is -0.394 e. The largest absolute Gasteiger partial charge is 0.394 e. The highest BCUT2D eigenvalue weighted by Crippen LogP contribution is 2.09. The Kier molecular flexibility index (Phi) is 15.2. The number of hydrogen-bond donors (Lipinski definition) is 14. The third kappa shape index (κ3) is 12.7. The van der Waals surface area contributed by atoms with Crippen molar-refractivity contribution in [3.63, 3.8) is 0 Å². The summed E-state index contributed by atoms with van der Waals surface area (Å²) < 4.78 is 0. The molecule has 0 bridgehead atoms. The summed E-state index contributed by atoms with van der Waals surface area (Å²) in [5.74, 6) is -5.65. The van der Waals surface area contributed by atoms with Crippen LogP contribution in [0.2, 0.25) is 0 Å². The van der Waals surface area contributed by atoms with Crippen molar-refractivity contribution in [3.05, 3.63) is 11.9 Å². The highest BCUT2D eigenvalue weighted by Gasteiger charge is 2.35. The lowest BCUT2D eigenvalue weighted by atomic mass is 10.0. The number of hydrogen-bond acceptors (Lipinski definition) is 14. The van der Waals surface area contributed by atoms with Gasteiger partial charge in [-0.2, -0.15) is 0 Å². The molecule has 0 spiro atoms. The molecule has 1 fully saturated rings. The highest BCUT2D eigenvalue weighted by molar-refractivity contribution is 6.02. The molecular formula is C25H44N14O8. The Hall–Kier alpha value is -5.06. The molecule has 0 aromatic rings. The molecule has 2 heterocycles. The van der Waals surface area contributed by atoms with E-state index in [1.54, 1.807) is 0 Å². The summed E-state index contributed by atoms with van der Waals surface area (Å²) in [5, 5.41) is 28.7. The van der Waals surface area contributed by atoms with Crippen LogP contribution in [-0.2, 0) is 28.8 Å². The lowest BCUT2D eigenvalue weighted by Crippen LogP contribution is -2.62. The van der Waals surface area contributed by atoms with Crippen molar-refractivity contribution in [2.24, 2.45) is 33.7 Å². The number of primary amides is 1. The number of rotatable bonds is 10. The third-order valence-electron chi connectivity index (χ3n) is 6.88. The number of guanidine groups is 1. The van der Waals surface area contributed by atoms with Crippen molar-refractivity contribution in [2.75, 3.05) is 32.8 Å². The van der Waals surface area contributed by atoms with Gasteiger partial charge in [-0.15, -0.1) is 0 Å². The first-order chi connectivity index (χ1) is 22.2. The van der Waals surface area contributed by atoms with E-state index in [1.165, 1.54) is 0 Å². The van der Waals surface area contributed by atoms with Crippen molar-refractivity contribution in [1.82, 2.24) is 42.5 Å². The quantitative estimate of drug-likeness (QED) is 0.0963. The second-order valence-corrected chi connectivity index (χ2v) is 10.7. The molecule has 6 atom stereocenters. The summed E-state index contributed by atoms with van der Waals surface area (Å²) >= 11 is 0. The molecular weight excluding hydrogens is 624 g/mol. The van der Waals surface area contributed by atoms with Crippen LogP contribution in [0.1, 0.15) is 25.7 Å². The Balaban J connectivity index is 2.47. The van der Waals surface area contributed by atoms with Gasteiger partial charge in [0.2, 0.25) is 29.5 Å². The molecule has 0 radical (unpaired) electrons. The highest BCUT2D eigenvalue weighted by atomic mass is 16.3. The molecule has 8 amide bonds. The Bertz CT molecular complexity index is 1240. The van der Waals surface area contributed by atoms with Crippen LogP contribution in [0.25, 0.3) is 0 Å². The lowest BCUT2D eigenvalue weighted by molar-refractivity contribution is -0.134. The predicted molar refractivity (Wildman–Crippen MR) is 165 cm³/mol. The van der Waals surface area contributed by atoms with E-state index in [0.717, 1.165) is 6.20 Å². The minimum absolute atomic E-state index is 0.0120. The molecule has 0 aliphatic carbocycles. The van der Waals surface area contributed by atoms with Crippen LogP contribution in [0.15, 0.2) is 16.9 Å².